The standard InChI is InChI=1S/C18H25N3O.ClH/c1-13-12-17(18(22)20-11-7-10-19)15(3)21(13)14(2)16-8-5-4-6-9-16;/h4-6,8-9,12,14H,7,10-11,19H2,1-3H3,(H,20,22);1H. The van der Waals surface area contributed by atoms with E-state index >= 15 is 0 Å². The van der Waals surface area contributed by atoms with Gasteiger partial charge in [0.2, 0.25) is 0 Å². The monoisotopic (exact) mass is 335 g/mol. The Balaban J connectivity index is 0.00000264. The molecule has 0 spiro atoms. The van der Waals surface area contributed by atoms with Crippen LogP contribution in [0.5, 0.6) is 0 Å². The van der Waals surface area contributed by atoms with E-state index in [1.807, 2.05) is 38.1 Å². The van der Waals surface area contributed by atoms with Crippen LogP contribution in [0.1, 0.15) is 46.7 Å². The number of benzene rings is 1. The third-order valence-electron chi connectivity index (χ3n) is 4.06. The summed E-state index contributed by atoms with van der Waals surface area (Å²) in [5.74, 6) is -0.0203. The largest absolute Gasteiger partial charge is 0.352 e. The van der Waals surface area contributed by atoms with E-state index in [-0.39, 0.29) is 24.4 Å². The summed E-state index contributed by atoms with van der Waals surface area (Å²) in [5, 5.41) is 2.93. The van der Waals surface area contributed by atoms with Crippen LogP contribution in [0.4, 0.5) is 0 Å². The summed E-state index contributed by atoms with van der Waals surface area (Å²) in [7, 11) is 0. The van der Waals surface area contributed by atoms with Crippen LogP contribution in [-0.2, 0) is 0 Å². The number of aryl methyl sites for hydroxylation is 1. The van der Waals surface area contributed by atoms with Crippen molar-refractivity contribution < 1.29 is 4.79 Å². The number of amides is 1. The van der Waals surface area contributed by atoms with E-state index in [0.29, 0.717) is 13.1 Å². The average molecular weight is 336 g/mol. The van der Waals surface area contributed by atoms with Crippen molar-refractivity contribution in [2.75, 3.05) is 13.1 Å². The Labute approximate surface area is 144 Å². The van der Waals surface area contributed by atoms with Crippen molar-refractivity contribution in [3.05, 3.63) is 58.9 Å². The van der Waals surface area contributed by atoms with Crippen molar-refractivity contribution in [1.82, 2.24) is 9.88 Å². The molecule has 23 heavy (non-hydrogen) atoms. The fraction of sp³-hybridized carbons (Fsp3) is 0.389. The van der Waals surface area contributed by atoms with Gasteiger partial charge in [-0.15, -0.1) is 12.4 Å². The van der Waals surface area contributed by atoms with Crippen molar-refractivity contribution in [2.45, 2.75) is 33.2 Å². The Morgan fingerprint density at radius 3 is 2.52 bits per heavy atom. The van der Waals surface area contributed by atoms with Crippen molar-refractivity contribution in [3.8, 4) is 0 Å². The molecule has 0 bridgehead atoms. The Kier molecular flexibility index (Phi) is 7.33. The molecule has 0 aliphatic rings. The van der Waals surface area contributed by atoms with Gasteiger partial charge < -0.3 is 15.6 Å². The fourth-order valence-corrected chi connectivity index (χ4v) is 2.88. The molecule has 1 unspecified atom stereocenters. The Morgan fingerprint density at radius 1 is 1.26 bits per heavy atom. The van der Waals surface area contributed by atoms with Gasteiger partial charge in [0.15, 0.2) is 0 Å². The van der Waals surface area contributed by atoms with Crippen LogP contribution < -0.4 is 11.1 Å². The number of aromatic nitrogens is 1. The second-order valence-electron chi connectivity index (χ2n) is 5.64. The first kappa shape index (κ1) is 19.3. The number of halogens is 1. The summed E-state index contributed by atoms with van der Waals surface area (Å²) in [6.45, 7) is 7.41. The lowest BCUT2D eigenvalue weighted by Gasteiger charge is -2.19. The number of carbonyl (C=O) groups is 1. The summed E-state index contributed by atoms with van der Waals surface area (Å²) in [6, 6.07) is 12.5. The van der Waals surface area contributed by atoms with Gasteiger partial charge in [-0.3, -0.25) is 4.79 Å². The van der Waals surface area contributed by atoms with Crippen LogP contribution in [0.3, 0.4) is 0 Å². The first-order valence-corrected chi connectivity index (χ1v) is 7.78. The van der Waals surface area contributed by atoms with E-state index < -0.39 is 0 Å². The zero-order valence-electron chi connectivity index (χ0n) is 14.0. The van der Waals surface area contributed by atoms with Crippen molar-refractivity contribution in [1.29, 1.82) is 0 Å². The third-order valence-corrected chi connectivity index (χ3v) is 4.06. The van der Waals surface area contributed by atoms with Gasteiger partial charge in [0.05, 0.1) is 11.6 Å². The molecule has 0 aliphatic heterocycles. The molecule has 5 heteroatoms. The van der Waals surface area contributed by atoms with E-state index in [1.54, 1.807) is 0 Å². The smallest absolute Gasteiger partial charge is 0.253 e. The maximum absolute atomic E-state index is 12.3. The van der Waals surface area contributed by atoms with Crippen molar-refractivity contribution >= 4 is 18.3 Å². The molecule has 2 rings (SSSR count). The molecule has 3 N–H and O–H groups in total. The number of hydrogen-bond donors (Lipinski definition) is 2. The molecule has 0 aliphatic carbocycles. The van der Waals surface area contributed by atoms with Gasteiger partial charge in [0, 0.05) is 17.9 Å². The van der Waals surface area contributed by atoms with Crippen molar-refractivity contribution in [2.24, 2.45) is 5.73 Å². The van der Waals surface area contributed by atoms with Crippen LogP contribution in [-0.4, -0.2) is 23.6 Å². The van der Waals surface area contributed by atoms with Crippen LogP contribution in [0.25, 0.3) is 0 Å². The van der Waals surface area contributed by atoms with E-state index in [0.717, 1.165) is 23.4 Å². The van der Waals surface area contributed by atoms with Gasteiger partial charge in [-0.2, -0.15) is 0 Å². The van der Waals surface area contributed by atoms with Crippen LogP contribution in [0.2, 0.25) is 0 Å². The molecule has 0 radical (unpaired) electrons. The van der Waals surface area contributed by atoms with Crippen LogP contribution >= 0.6 is 12.4 Å². The highest BCUT2D eigenvalue weighted by Crippen LogP contribution is 2.25. The number of rotatable bonds is 6. The fourth-order valence-electron chi connectivity index (χ4n) is 2.88. The molecule has 1 aromatic carbocycles. The summed E-state index contributed by atoms with van der Waals surface area (Å²) in [5.41, 5.74) is 9.54. The molecular formula is C18H26ClN3O. The maximum atomic E-state index is 12.3. The second kappa shape index (κ2) is 8.75. The van der Waals surface area contributed by atoms with Gasteiger partial charge in [0.25, 0.3) is 5.91 Å². The zero-order chi connectivity index (χ0) is 16.1. The number of nitrogens with zero attached hydrogens (tertiary/aromatic N) is 1. The second-order valence-corrected chi connectivity index (χ2v) is 5.64. The Bertz CT molecular complexity index is 637. The number of carbonyl (C=O) groups excluding carboxylic acids is 1. The molecule has 1 aromatic heterocycles. The summed E-state index contributed by atoms with van der Waals surface area (Å²) < 4.78 is 2.22. The first-order chi connectivity index (χ1) is 10.6. The number of nitrogens with one attached hydrogen (secondary N) is 1. The van der Waals surface area contributed by atoms with E-state index in [4.69, 9.17) is 5.73 Å². The molecule has 0 fully saturated rings. The highest BCUT2D eigenvalue weighted by Gasteiger charge is 2.19. The summed E-state index contributed by atoms with van der Waals surface area (Å²) in [4.78, 5) is 12.3. The van der Waals surface area contributed by atoms with E-state index in [9.17, 15) is 4.79 Å². The lowest BCUT2D eigenvalue weighted by Crippen LogP contribution is -2.26. The summed E-state index contributed by atoms with van der Waals surface area (Å²) in [6.07, 6.45) is 0.797. The number of nitrogens with two attached hydrogens (primary N) is 1. The number of hydrogen-bond acceptors (Lipinski definition) is 2. The molecule has 126 valence electrons. The quantitative estimate of drug-likeness (QED) is 0.796. The SMILES string of the molecule is Cc1cc(C(=O)NCCCN)c(C)n1C(C)c1ccccc1.Cl. The topological polar surface area (TPSA) is 60.1 Å². The Hall–Kier alpha value is -1.78. The van der Waals surface area contributed by atoms with Gasteiger partial charge in [-0.1, -0.05) is 30.3 Å². The van der Waals surface area contributed by atoms with E-state index in [2.05, 4.69) is 28.9 Å². The van der Waals surface area contributed by atoms with E-state index in [1.165, 1.54) is 5.56 Å². The highest BCUT2D eigenvalue weighted by atomic mass is 35.5. The summed E-state index contributed by atoms with van der Waals surface area (Å²) >= 11 is 0. The zero-order valence-corrected chi connectivity index (χ0v) is 14.8. The molecule has 1 heterocycles. The molecule has 2 aromatic rings. The molecule has 1 atom stereocenters. The van der Waals surface area contributed by atoms with Gasteiger partial charge in [-0.05, 0) is 45.4 Å². The molecular weight excluding hydrogens is 310 g/mol. The molecule has 1 amide bonds. The minimum atomic E-state index is -0.0203. The lowest BCUT2D eigenvalue weighted by molar-refractivity contribution is 0.0952. The third kappa shape index (κ3) is 4.36. The Morgan fingerprint density at radius 2 is 1.91 bits per heavy atom. The highest BCUT2D eigenvalue weighted by molar-refractivity contribution is 5.95. The predicted molar refractivity (Wildman–Crippen MR) is 97.4 cm³/mol. The van der Waals surface area contributed by atoms with Gasteiger partial charge >= 0.3 is 0 Å². The normalized spacial score (nSPS) is 11.7. The lowest BCUT2D eigenvalue weighted by atomic mass is 10.1. The van der Waals surface area contributed by atoms with Gasteiger partial charge in [-0.25, -0.2) is 0 Å². The maximum Gasteiger partial charge on any atom is 0.253 e. The minimum Gasteiger partial charge on any atom is -0.352 e. The van der Waals surface area contributed by atoms with Gasteiger partial charge in [0.1, 0.15) is 0 Å². The van der Waals surface area contributed by atoms with Crippen LogP contribution in [0.15, 0.2) is 36.4 Å². The molecule has 4 nitrogen and oxygen atoms in total. The minimum absolute atomic E-state index is 0. The average Bonchev–Trinajstić information content (AvgIpc) is 2.82. The first-order valence-electron chi connectivity index (χ1n) is 7.78. The van der Waals surface area contributed by atoms with Crippen LogP contribution in [0, 0.1) is 13.8 Å². The predicted octanol–water partition coefficient (Wildman–Crippen LogP) is 3.21. The van der Waals surface area contributed by atoms with Crippen molar-refractivity contribution in [3.63, 3.8) is 0 Å². The molecule has 0 saturated carbocycles. The molecule has 0 saturated heterocycles.